The number of para-hydroxylation sites is 1. The highest BCUT2D eigenvalue weighted by atomic mass is 16.5. The van der Waals surface area contributed by atoms with Gasteiger partial charge in [0.2, 0.25) is 11.7 Å². The van der Waals surface area contributed by atoms with E-state index >= 15 is 0 Å². The van der Waals surface area contributed by atoms with Crippen molar-refractivity contribution in [3.63, 3.8) is 0 Å². The number of allylic oxidation sites excluding steroid dienone is 1. The highest BCUT2D eigenvalue weighted by molar-refractivity contribution is 6.04. The standard InChI is InChI=1S/C16H17N3O4/c1-9-5-4-6-12(15(9)19-11(3)20)16(22)23-8-14(21)13(7-17)10(2)18/h4-6H,8,18H2,1-3H3,(H,19,20). The molecule has 0 aliphatic carbocycles. The van der Waals surface area contributed by atoms with Crippen molar-refractivity contribution in [3.8, 4) is 6.07 Å². The summed E-state index contributed by atoms with van der Waals surface area (Å²) < 4.78 is 4.92. The second-order valence-corrected chi connectivity index (χ2v) is 4.85. The predicted molar refractivity (Wildman–Crippen MR) is 83.3 cm³/mol. The van der Waals surface area contributed by atoms with Crippen LogP contribution in [-0.4, -0.2) is 24.3 Å². The van der Waals surface area contributed by atoms with Crippen LogP contribution in [0.15, 0.2) is 29.5 Å². The molecule has 1 amide bonds. The van der Waals surface area contributed by atoms with Crippen LogP contribution < -0.4 is 11.1 Å². The number of aryl methyl sites for hydroxylation is 1. The molecule has 0 aliphatic heterocycles. The van der Waals surface area contributed by atoms with E-state index in [1.807, 2.05) is 0 Å². The van der Waals surface area contributed by atoms with Crippen LogP contribution in [0, 0.1) is 18.3 Å². The van der Waals surface area contributed by atoms with Gasteiger partial charge in [0.1, 0.15) is 11.6 Å². The number of ketones is 1. The van der Waals surface area contributed by atoms with Crippen LogP contribution in [0.25, 0.3) is 0 Å². The lowest BCUT2D eigenvalue weighted by molar-refractivity contribution is -0.118. The molecule has 0 radical (unpaired) electrons. The van der Waals surface area contributed by atoms with Gasteiger partial charge >= 0.3 is 5.97 Å². The Kier molecular flexibility index (Phi) is 6.04. The van der Waals surface area contributed by atoms with E-state index in [9.17, 15) is 14.4 Å². The molecule has 1 aromatic rings. The van der Waals surface area contributed by atoms with E-state index in [0.717, 1.165) is 0 Å². The number of Topliss-reactive ketones (excluding diaryl/α,β-unsaturated/α-hetero) is 1. The fraction of sp³-hybridized carbons (Fsp3) is 0.250. The van der Waals surface area contributed by atoms with Crippen LogP contribution in [-0.2, 0) is 14.3 Å². The minimum absolute atomic E-state index is 0.0584. The highest BCUT2D eigenvalue weighted by Crippen LogP contribution is 2.21. The molecular formula is C16H17N3O4. The molecule has 0 aliphatic rings. The number of esters is 1. The molecule has 0 saturated heterocycles. The zero-order chi connectivity index (χ0) is 17.6. The summed E-state index contributed by atoms with van der Waals surface area (Å²) in [6.45, 7) is 3.85. The predicted octanol–water partition coefficient (Wildman–Crippen LogP) is 1.44. The molecule has 7 nitrogen and oxygen atoms in total. The summed E-state index contributed by atoms with van der Waals surface area (Å²) in [6, 6.07) is 6.49. The lowest BCUT2D eigenvalue weighted by Gasteiger charge is -2.12. The molecule has 3 N–H and O–H groups in total. The fourth-order valence-corrected chi connectivity index (χ4v) is 1.83. The van der Waals surface area contributed by atoms with E-state index in [1.165, 1.54) is 19.9 Å². The van der Waals surface area contributed by atoms with E-state index in [0.29, 0.717) is 11.3 Å². The number of anilines is 1. The maximum absolute atomic E-state index is 12.1. The van der Waals surface area contributed by atoms with E-state index in [1.54, 1.807) is 25.1 Å². The minimum atomic E-state index is -0.780. The summed E-state index contributed by atoms with van der Waals surface area (Å²) in [7, 11) is 0. The van der Waals surface area contributed by atoms with Gasteiger partial charge in [0.05, 0.1) is 11.3 Å². The van der Waals surface area contributed by atoms with Crippen LogP contribution in [0.1, 0.15) is 29.8 Å². The average molecular weight is 315 g/mol. The zero-order valence-electron chi connectivity index (χ0n) is 13.1. The van der Waals surface area contributed by atoms with Gasteiger partial charge in [0.15, 0.2) is 6.61 Å². The fourth-order valence-electron chi connectivity index (χ4n) is 1.83. The number of hydrogen-bond donors (Lipinski definition) is 2. The normalized spacial score (nSPS) is 11.0. The lowest BCUT2D eigenvalue weighted by atomic mass is 10.1. The minimum Gasteiger partial charge on any atom is -0.454 e. The van der Waals surface area contributed by atoms with Gasteiger partial charge in [-0.25, -0.2) is 4.79 Å². The summed E-state index contributed by atoms with van der Waals surface area (Å²) in [5.41, 5.74) is 6.35. The van der Waals surface area contributed by atoms with Crippen molar-refractivity contribution >= 4 is 23.3 Å². The first-order valence-electron chi connectivity index (χ1n) is 6.72. The summed E-state index contributed by atoms with van der Waals surface area (Å²) in [6.07, 6.45) is 0. The van der Waals surface area contributed by atoms with Crippen LogP contribution in [0.2, 0.25) is 0 Å². The van der Waals surface area contributed by atoms with Crippen molar-refractivity contribution in [1.29, 1.82) is 5.26 Å². The van der Waals surface area contributed by atoms with Gasteiger partial charge in [-0.15, -0.1) is 0 Å². The molecule has 0 spiro atoms. The second kappa shape index (κ2) is 7.75. The van der Waals surface area contributed by atoms with Gasteiger partial charge in [0, 0.05) is 12.6 Å². The highest BCUT2D eigenvalue weighted by Gasteiger charge is 2.18. The molecule has 120 valence electrons. The van der Waals surface area contributed by atoms with Gasteiger partial charge in [-0.1, -0.05) is 12.1 Å². The maximum atomic E-state index is 12.1. The number of carbonyl (C=O) groups is 3. The molecular weight excluding hydrogens is 298 g/mol. The van der Waals surface area contributed by atoms with Crippen molar-refractivity contribution < 1.29 is 19.1 Å². The van der Waals surface area contributed by atoms with Crippen molar-refractivity contribution in [2.75, 3.05) is 11.9 Å². The first-order valence-corrected chi connectivity index (χ1v) is 6.72. The molecule has 0 atom stereocenters. The topological polar surface area (TPSA) is 122 Å². The zero-order valence-corrected chi connectivity index (χ0v) is 13.1. The van der Waals surface area contributed by atoms with Crippen LogP contribution in [0.5, 0.6) is 0 Å². The molecule has 0 bridgehead atoms. The summed E-state index contributed by atoms with van der Waals surface area (Å²) >= 11 is 0. The van der Waals surface area contributed by atoms with Gasteiger partial charge in [-0.05, 0) is 25.5 Å². The largest absolute Gasteiger partial charge is 0.454 e. The number of nitriles is 1. The van der Waals surface area contributed by atoms with E-state index < -0.39 is 18.4 Å². The molecule has 0 saturated carbocycles. The third kappa shape index (κ3) is 4.68. The Morgan fingerprint density at radius 2 is 1.96 bits per heavy atom. The number of amides is 1. The quantitative estimate of drug-likeness (QED) is 0.481. The Hall–Kier alpha value is -3.14. The third-order valence-corrected chi connectivity index (χ3v) is 2.91. The number of ether oxygens (including phenoxy) is 1. The molecule has 0 unspecified atom stereocenters. The third-order valence-electron chi connectivity index (χ3n) is 2.91. The molecule has 1 rings (SSSR count). The van der Waals surface area contributed by atoms with Crippen molar-refractivity contribution in [1.82, 2.24) is 0 Å². The molecule has 0 fully saturated rings. The molecule has 7 heteroatoms. The molecule has 0 aromatic heterocycles. The second-order valence-electron chi connectivity index (χ2n) is 4.85. The van der Waals surface area contributed by atoms with Gasteiger partial charge in [-0.3, -0.25) is 9.59 Å². The maximum Gasteiger partial charge on any atom is 0.340 e. The SMILES string of the molecule is CC(=O)Nc1c(C)cccc1C(=O)OCC(=O)C(C#N)=C(C)N. The number of hydrogen-bond acceptors (Lipinski definition) is 6. The molecule has 0 heterocycles. The van der Waals surface area contributed by atoms with Crippen LogP contribution >= 0.6 is 0 Å². The molecule has 1 aromatic carbocycles. The Morgan fingerprint density at radius 3 is 2.48 bits per heavy atom. The number of nitrogens with zero attached hydrogens (tertiary/aromatic N) is 1. The lowest BCUT2D eigenvalue weighted by Crippen LogP contribution is -2.19. The summed E-state index contributed by atoms with van der Waals surface area (Å²) in [5, 5.41) is 11.4. The number of nitrogens with two attached hydrogens (primary N) is 1. The van der Waals surface area contributed by atoms with Crippen LogP contribution in [0.3, 0.4) is 0 Å². The van der Waals surface area contributed by atoms with Gasteiger partial charge in [-0.2, -0.15) is 5.26 Å². The van der Waals surface area contributed by atoms with Crippen molar-refractivity contribution in [2.24, 2.45) is 5.73 Å². The average Bonchev–Trinajstić information content (AvgIpc) is 2.46. The monoisotopic (exact) mass is 315 g/mol. The molecule has 23 heavy (non-hydrogen) atoms. The Morgan fingerprint density at radius 1 is 1.30 bits per heavy atom. The van der Waals surface area contributed by atoms with E-state index in [4.69, 9.17) is 15.7 Å². The van der Waals surface area contributed by atoms with Crippen molar-refractivity contribution in [2.45, 2.75) is 20.8 Å². The van der Waals surface area contributed by atoms with Crippen LogP contribution in [0.4, 0.5) is 5.69 Å². The summed E-state index contributed by atoms with van der Waals surface area (Å²) in [5.74, 6) is -1.80. The number of benzene rings is 1. The van der Waals surface area contributed by atoms with E-state index in [-0.39, 0.29) is 22.7 Å². The van der Waals surface area contributed by atoms with Gasteiger partial charge in [0.25, 0.3) is 0 Å². The summed E-state index contributed by atoms with van der Waals surface area (Å²) in [4.78, 5) is 35.1. The smallest absolute Gasteiger partial charge is 0.340 e. The first kappa shape index (κ1) is 17.9. The van der Waals surface area contributed by atoms with Crippen molar-refractivity contribution in [3.05, 3.63) is 40.6 Å². The number of nitrogens with one attached hydrogen (secondary N) is 1. The Balaban J connectivity index is 2.94. The number of rotatable bonds is 5. The Labute approximate surface area is 133 Å². The number of carbonyl (C=O) groups excluding carboxylic acids is 3. The van der Waals surface area contributed by atoms with Gasteiger partial charge < -0.3 is 15.8 Å². The Bertz CT molecular complexity index is 725. The van der Waals surface area contributed by atoms with E-state index in [2.05, 4.69) is 5.32 Å². The first-order chi connectivity index (χ1) is 10.8.